The van der Waals surface area contributed by atoms with Crippen LogP contribution in [0, 0.1) is 5.82 Å². The van der Waals surface area contributed by atoms with E-state index in [2.05, 4.69) is 17.6 Å². The molecule has 0 fully saturated rings. The van der Waals surface area contributed by atoms with Crippen molar-refractivity contribution in [1.82, 2.24) is 5.43 Å². The summed E-state index contributed by atoms with van der Waals surface area (Å²) in [5.41, 5.74) is 4.65. The maximum atomic E-state index is 13.8. The number of halogens is 2. The highest BCUT2D eigenvalue weighted by atomic mass is 35.5. The van der Waals surface area contributed by atoms with Gasteiger partial charge in [-0.1, -0.05) is 48.0 Å². The fraction of sp³-hybridized carbons (Fsp3) is 0.250. The van der Waals surface area contributed by atoms with Gasteiger partial charge in [0.1, 0.15) is 5.82 Å². The van der Waals surface area contributed by atoms with E-state index < -0.39 is 0 Å². The molecule has 4 heteroatoms. The number of hydrazine groups is 1. The summed E-state index contributed by atoms with van der Waals surface area (Å²) in [5.74, 6) is 5.29. The normalized spacial score (nSPS) is 12.3. The number of hydrogen-bond donors (Lipinski definition) is 2. The van der Waals surface area contributed by atoms with E-state index in [-0.39, 0.29) is 11.9 Å². The van der Waals surface area contributed by atoms with Crippen molar-refractivity contribution in [1.29, 1.82) is 0 Å². The van der Waals surface area contributed by atoms with E-state index in [1.165, 1.54) is 11.6 Å². The molecule has 0 bridgehead atoms. The van der Waals surface area contributed by atoms with Gasteiger partial charge in [0, 0.05) is 11.1 Å². The average molecular weight is 293 g/mol. The zero-order valence-electron chi connectivity index (χ0n) is 11.2. The minimum atomic E-state index is -0.280. The lowest BCUT2D eigenvalue weighted by Gasteiger charge is -2.16. The molecule has 0 spiro atoms. The van der Waals surface area contributed by atoms with E-state index in [0.717, 1.165) is 12.8 Å². The van der Waals surface area contributed by atoms with E-state index in [4.69, 9.17) is 17.4 Å². The van der Waals surface area contributed by atoms with Crippen molar-refractivity contribution in [3.05, 3.63) is 70.5 Å². The number of rotatable bonds is 6. The van der Waals surface area contributed by atoms with Gasteiger partial charge in [-0.05, 0) is 42.5 Å². The Morgan fingerprint density at radius 2 is 1.90 bits per heavy atom. The van der Waals surface area contributed by atoms with Crippen molar-refractivity contribution in [3.8, 4) is 0 Å². The lowest BCUT2D eigenvalue weighted by molar-refractivity contribution is 0.480. The Morgan fingerprint density at radius 1 is 1.15 bits per heavy atom. The summed E-state index contributed by atoms with van der Waals surface area (Å²) in [4.78, 5) is 0. The molecule has 0 radical (unpaired) electrons. The first kappa shape index (κ1) is 15.0. The lowest BCUT2D eigenvalue weighted by atomic mass is 9.99. The van der Waals surface area contributed by atoms with E-state index in [1.54, 1.807) is 12.1 Å². The van der Waals surface area contributed by atoms with Crippen molar-refractivity contribution < 1.29 is 4.39 Å². The quantitative estimate of drug-likeness (QED) is 0.632. The average Bonchev–Trinajstić information content (AvgIpc) is 2.46. The minimum absolute atomic E-state index is 0.0332. The second-order valence-electron chi connectivity index (χ2n) is 4.83. The van der Waals surface area contributed by atoms with Crippen LogP contribution in [0.4, 0.5) is 4.39 Å². The molecular formula is C16H18ClFN2. The molecule has 0 saturated carbocycles. The molecule has 0 amide bonds. The van der Waals surface area contributed by atoms with Crippen LogP contribution in [0.3, 0.4) is 0 Å². The number of aryl methyl sites for hydroxylation is 1. The summed E-state index contributed by atoms with van der Waals surface area (Å²) in [6.07, 6.45) is 2.31. The largest absolute Gasteiger partial charge is 0.271 e. The number of hydrogen-bond acceptors (Lipinski definition) is 2. The summed E-state index contributed by atoms with van der Waals surface area (Å²) >= 11 is 5.75. The summed E-state index contributed by atoms with van der Waals surface area (Å²) in [6.45, 7) is 0. The van der Waals surface area contributed by atoms with E-state index in [9.17, 15) is 4.39 Å². The summed E-state index contributed by atoms with van der Waals surface area (Å²) in [6, 6.07) is 15.0. The molecule has 0 aromatic heterocycles. The molecule has 20 heavy (non-hydrogen) atoms. The first-order valence-electron chi connectivity index (χ1n) is 6.63. The van der Waals surface area contributed by atoms with Crippen LogP contribution in [0.15, 0.2) is 48.5 Å². The van der Waals surface area contributed by atoms with E-state index in [0.29, 0.717) is 17.0 Å². The maximum absolute atomic E-state index is 13.8. The van der Waals surface area contributed by atoms with Gasteiger partial charge in [0.15, 0.2) is 0 Å². The monoisotopic (exact) mass is 292 g/mol. The summed E-state index contributed by atoms with van der Waals surface area (Å²) in [5, 5.41) is 0.410. The molecule has 0 saturated heterocycles. The zero-order valence-corrected chi connectivity index (χ0v) is 11.9. The highest BCUT2D eigenvalue weighted by molar-refractivity contribution is 6.30. The SMILES string of the molecule is NNC(CCc1ccccc1)Cc1ccc(Cl)cc1F. The number of nitrogens with two attached hydrogens (primary N) is 1. The molecule has 2 rings (SSSR count). The Bertz CT molecular complexity index is 545. The van der Waals surface area contributed by atoms with Crippen LogP contribution in [0.1, 0.15) is 17.5 Å². The number of benzene rings is 2. The van der Waals surface area contributed by atoms with Crippen molar-refractivity contribution in [2.24, 2.45) is 5.84 Å². The molecule has 0 heterocycles. The smallest absolute Gasteiger partial charge is 0.127 e. The van der Waals surface area contributed by atoms with Gasteiger partial charge >= 0.3 is 0 Å². The van der Waals surface area contributed by atoms with Crippen molar-refractivity contribution in [2.75, 3.05) is 0 Å². The van der Waals surface area contributed by atoms with Crippen LogP contribution in [0.25, 0.3) is 0 Å². The van der Waals surface area contributed by atoms with Crippen LogP contribution >= 0.6 is 11.6 Å². The first-order valence-corrected chi connectivity index (χ1v) is 7.01. The molecule has 0 aliphatic carbocycles. The van der Waals surface area contributed by atoms with Gasteiger partial charge in [0.05, 0.1) is 0 Å². The van der Waals surface area contributed by atoms with Crippen LogP contribution in [0.2, 0.25) is 5.02 Å². The summed E-state index contributed by atoms with van der Waals surface area (Å²) < 4.78 is 13.8. The van der Waals surface area contributed by atoms with Gasteiger partial charge in [0.25, 0.3) is 0 Å². The highest BCUT2D eigenvalue weighted by Crippen LogP contribution is 2.17. The van der Waals surface area contributed by atoms with E-state index in [1.807, 2.05) is 18.2 Å². The Balaban J connectivity index is 1.95. The third-order valence-electron chi connectivity index (χ3n) is 3.34. The Kier molecular flexibility index (Phi) is 5.53. The second-order valence-corrected chi connectivity index (χ2v) is 5.26. The topological polar surface area (TPSA) is 38.0 Å². The van der Waals surface area contributed by atoms with Gasteiger partial charge in [-0.15, -0.1) is 0 Å². The first-order chi connectivity index (χ1) is 9.69. The molecule has 2 aromatic rings. The van der Waals surface area contributed by atoms with Crippen molar-refractivity contribution in [3.63, 3.8) is 0 Å². The van der Waals surface area contributed by atoms with Gasteiger partial charge in [-0.2, -0.15) is 0 Å². The lowest BCUT2D eigenvalue weighted by Crippen LogP contribution is -2.37. The van der Waals surface area contributed by atoms with Crippen LogP contribution in [-0.4, -0.2) is 6.04 Å². The molecule has 3 N–H and O–H groups in total. The van der Waals surface area contributed by atoms with Gasteiger partial charge in [-0.3, -0.25) is 11.3 Å². The second kappa shape index (κ2) is 7.39. The Hall–Kier alpha value is -1.42. The van der Waals surface area contributed by atoms with Crippen LogP contribution in [-0.2, 0) is 12.8 Å². The Morgan fingerprint density at radius 3 is 2.55 bits per heavy atom. The molecule has 0 aliphatic heterocycles. The predicted molar refractivity (Wildman–Crippen MR) is 81.0 cm³/mol. The highest BCUT2D eigenvalue weighted by Gasteiger charge is 2.11. The molecular weight excluding hydrogens is 275 g/mol. The zero-order chi connectivity index (χ0) is 14.4. The van der Waals surface area contributed by atoms with Gasteiger partial charge in [0.2, 0.25) is 0 Å². The van der Waals surface area contributed by atoms with Crippen LogP contribution in [0.5, 0.6) is 0 Å². The fourth-order valence-corrected chi connectivity index (χ4v) is 2.34. The molecule has 1 unspecified atom stereocenters. The minimum Gasteiger partial charge on any atom is -0.271 e. The third-order valence-corrected chi connectivity index (χ3v) is 3.58. The molecule has 1 atom stereocenters. The van der Waals surface area contributed by atoms with Gasteiger partial charge < -0.3 is 0 Å². The fourth-order valence-electron chi connectivity index (χ4n) is 2.18. The maximum Gasteiger partial charge on any atom is 0.127 e. The third kappa shape index (κ3) is 4.30. The molecule has 0 aliphatic rings. The molecule has 106 valence electrons. The van der Waals surface area contributed by atoms with Crippen molar-refractivity contribution in [2.45, 2.75) is 25.3 Å². The van der Waals surface area contributed by atoms with Crippen molar-refractivity contribution >= 4 is 11.6 Å². The predicted octanol–water partition coefficient (Wildman–Crippen LogP) is 3.49. The molecule has 2 aromatic carbocycles. The van der Waals surface area contributed by atoms with E-state index >= 15 is 0 Å². The van der Waals surface area contributed by atoms with Crippen LogP contribution < -0.4 is 11.3 Å². The van der Waals surface area contributed by atoms with Gasteiger partial charge in [-0.25, -0.2) is 4.39 Å². The standard InChI is InChI=1S/C16H18ClFN2/c17-14-8-7-13(16(18)11-14)10-15(20-19)9-6-12-4-2-1-3-5-12/h1-5,7-8,11,15,20H,6,9-10,19H2. The number of nitrogens with one attached hydrogen (secondary N) is 1. The Labute approximate surface area is 123 Å². The molecule has 2 nitrogen and oxygen atoms in total. The summed E-state index contributed by atoms with van der Waals surface area (Å²) in [7, 11) is 0.